The summed E-state index contributed by atoms with van der Waals surface area (Å²) >= 11 is 1.07. The van der Waals surface area contributed by atoms with Crippen LogP contribution in [0.15, 0.2) is 12.1 Å². The van der Waals surface area contributed by atoms with E-state index in [-0.39, 0.29) is 35.0 Å². The third kappa shape index (κ3) is 4.83. The van der Waals surface area contributed by atoms with Crippen LogP contribution in [0.2, 0.25) is 0 Å². The molecular weight excluding hydrogens is 361 g/mol. The van der Waals surface area contributed by atoms with E-state index in [1.807, 2.05) is 0 Å². The summed E-state index contributed by atoms with van der Waals surface area (Å²) in [5.74, 6) is -1.79. The molecule has 10 heteroatoms. The van der Waals surface area contributed by atoms with Crippen LogP contribution in [0, 0.1) is 0 Å². The first-order valence-electron chi connectivity index (χ1n) is 8.22. The van der Waals surface area contributed by atoms with E-state index in [9.17, 15) is 29.9 Å². The van der Waals surface area contributed by atoms with Gasteiger partial charge >= 0.3 is 13.1 Å². The first kappa shape index (κ1) is 20.4. The summed E-state index contributed by atoms with van der Waals surface area (Å²) in [6, 6.07) is 2.87. The topological polar surface area (TPSA) is 128 Å². The number of rotatable bonds is 8. The number of carbonyl (C=O) groups excluding carboxylic acids is 1. The average Bonchev–Trinajstić information content (AvgIpc) is 3.13. The molecule has 1 heterocycles. The lowest BCUT2D eigenvalue weighted by Gasteiger charge is -2.20. The Morgan fingerprint density at radius 3 is 2.50 bits per heavy atom. The molecule has 0 radical (unpaired) electrons. The Hall–Kier alpha value is -1.91. The molecule has 0 aliphatic carbocycles. The summed E-state index contributed by atoms with van der Waals surface area (Å²) in [4.78, 5) is 25.2. The molecule has 4 N–H and O–H groups in total. The fourth-order valence-corrected chi connectivity index (χ4v) is 3.87. The number of methoxy groups -OCH3 is 1. The normalized spacial score (nSPS) is 15.0. The highest BCUT2D eigenvalue weighted by Crippen LogP contribution is 2.33. The zero-order valence-corrected chi connectivity index (χ0v) is 15.2. The van der Waals surface area contributed by atoms with Crippen molar-refractivity contribution >= 4 is 30.8 Å². The molecule has 1 aromatic rings. The number of phenols is 1. The average molecular weight is 383 g/mol. The van der Waals surface area contributed by atoms with Gasteiger partial charge in [-0.2, -0.15) is 11.8 Å². The summed E-state index contributed by atoms with van der Waals surface area (Å²) in [6.07, 6.45) is 1.94. The Kier molecular flexibility index (Phi) is 7.19. The summed E-state index contributed by atoms with van der Waals surface area (Å²) in [6.45, 7) is 1.43. The van der Waals surface area contributed by atoms with Crippen molar-refractivity contribution in [3.05, 3.63) is 23.3 Å². The van der Waals surface area contributed by atoms with Crippen molar-refractivity contribution in [2.45, 2.75) is 24.4 Å². The van der Waals surface area contributed by atoms with Crippen molar-refractivity contribution in [2.24, 2.45) is 0 Å². The summed E-state index contributed by atoms with van der Waals surface area (Å²) in [5, 5.41) is 37.9. The highest BCUT2D eigenvalue weighted by molar-refractivity contribution is 8.01. The van der Waals surface area contributed by atoms with E-state index in [1.54, 1.807) is 4.90 Å². The fourth-order valence-electron chi connectivity index (χ4n) is 2.86. The molecule has 1 aromatic carbocycles. The molecule has 1 aliphatic heterocycles. The smallest absolute Gasteiger partial charge is 0.465 e. The lowest BCUT2D eigenvalue weighted by Crippen LogP contribution is -2.34. The zero-order valence-electron chi connectivity index (χ0n) is 14.4. The Bertz CT molecular complexity index is 664. The predicted molar refractivity (Wildman–Crippen MR) is 97.6 cm³/mol. The van der Waals surface area contributed by atoms with Crippen LogP contribution < -0.4 is 4.74 Å². The van der Waals surface area contributed by atoms with Crippen molar-refractivity contribution in [3.63, 3.8) is 0 Å². The number of carboxylic acid groups (broad SMARTS) is 1. The van der Waals surface area contributed by atoms with E-state index in [1.165, 1.54) is 19.2 Å². The van der Waals surface area contributed by atoms with Crippen LogP contribution in [0.3, 0.4) is 0 Å². The highest BCUT2D eigenvalue weighted by Gasteiger charge is 2.29. The number of carbonyl (C=O) groups is 2. The van der Waals surface area contributed by atoms with Gasteiger partial charge in [0.1, 0.15) is 17.1 Å². The Morgan fingerprint density at radius 2 is 1.96 bits per heavy atom. The van der Waals surface area contributed by atoms with E-state index in [4.69, 9.17) is 4.74 Å². The van der Waals surface area contributed by atoms with Crippen molar-refractivity contribution in [1.29, 1.82) is 0 Å². The maximum absolute atomic E-state index is 12.1. The Balaban J connectivity index is 2.10. The molecule has 1 unspecified atom stereocenters. The lowest BCUT2D eigenvalue weighted by atomic mass is 9.81. The number of aromatic carboxylic acids is 1. The van der Waals surface area contributed by atoms with Crippen LogP contribution in [0.1, 0.15) is 28.8 Å². The summed E-state index contributed by atoms with van der Waals surface area (Å²) in [5.41, 5.74) is -0.142. The van der Waals surface area contributed by atoms with Gasteiger partial charge in [-0.05, 0) is 30.9 Å². The van der Waals surface area contributed by atoms with Crippen molar-refractivity contribution in [1.82, 2.24) is 4.90 Å². The second-order valence-corrected chi connectivity index (χ2v) is 7.24. The molecule has 1 aliphatic rings. The lowest BCUT2D eigenvalue weighted by molar-refractivity contribution is -0.127. The first-order valence-corrected chi connectivity index (χ1v) is 9.27. The van der Waals surface area contributed by atoms with Crippen molar-refractivity contribution < 1.29 is 34.6 Å². The maximum Gasteiger partial charge on any atom is 0.465 e. The number of hydrogen-bond acceptors (Lipinski definition) is 7. The van der Waals surface area contributed by atoms with Gasteiger partial charge in [0.05, 0.1) is 12.9 Å². The number of aromatic hydroxyl groups is 1. The molecule has 0 bridgehead atoms. The minimum atomic E-state index is -1.72. The first-order chi connectivity index (χ1) is 12.3. The Labute approximate surface area is 155 Å². The van der Waals surface area contributed by atoms with E-state index in [2.05, 4.69) is 0 Å². The van der Waals surface area contributed by atoms with Crippen molar-refractivity contribution in [2.75, 3.05) is 26.0 Å². The number of nitrogens with zero attached hydrogens (tertiary/aromatic N) is 1. The number of benzene rings is 1. The fraction of sp³-hybridized carbons (Fsp3) is 0.500. The largest absolute Gasteiger partial charge is 0.507 e. The van der Waals surface area contributed by atoms with Gasteiger partial charge in [0.25, 0.3) is 0 Å². The van der Waals surface area contributed by atoms with Crippen LogP contribution in [-0.4, -0.2) is 75.3 Å². The molecule has 2 rings (SSSR count). The second kappa shape index (κ2) is 9.15. The molecule has 0 spiro atoms. The number of amides is 1. The SMILES string of the molecule is COc1ccc(CC(SCC(=O)N2CCCC2)B(O)O)c(O)c1C(=O)O. The molecular formula is C16H22BNO7S. The zero-order chi connectivity index (χ0) is 19.3. The van der Waals surface area contributed by atoms with Gasteiger partial charge < -0.3 is 29.9 Å². The molecule has 8 nitrogen and oxygen atoms in total. The van der Waals surface area contributed by atoms with E-state index in [0.29, 0.717) is 13.1 Å². The van der Waals surface area contributed by atoms with Gasteiger partial charge in [0.2, 0.25) is 5.91 Å². The summed E-state index contributed by atoms with van der Waals surface area (Å²) in [7, 11) is -0.429. The molecule has 1 atom stereocenters. The van der Waals surface area contributed by atoms with Crippen LogP contribution in [-0.2, 0) is 11.2 Å². The number of thioether (sulfide) groups is 1. The third-order valence-corrected chi connectivity index (χ3v) is 5.54. The monoisotopic (exact) mass is 383 g/mol. The molecule has 1 saturated heterocycles. The van der Waals surface area contributed by atoms with Crippen LogP contribution >= 0.6 is 11.8 Å². The van der Waals surface area contributed by atoms with E-state index >= 15 is 0 Å². The number of carboxylic acids is 1. The minimum absolute atomic E-state index is 0.00821. The quantitative estimate of drug-likeness (QED) is 0.475. The standard InChI is InChI=1S/C16H22BNO7S/c1-25-11-5-4-10(15(20)14(11)16(21)22)8-12(17(23)24)26-9-13(19)18-6-2-3-7-18/h4-5,12,20,23-24H,2-3,6-9H2,1H3,(H,21,22). The molecule has 1 amide bonds. The van der Waals surface area contributed by atoms with Crippen LogP contribution in [0.4, 0.5) is 0 Å². The van der Waals surface area contributed by atoms with Gasteiger partial charge in [-0.25, -0.2) is 4.79 Å². The van der Waals surface area contributed by atoms with Crippen molar-refractivity contribution in [3.8, 4) is 11.5 Å². The second-order valence-electron chi connectivity index (χ2n) is 6.01. The molecule has 26 heavy (non-hydrogen) atoms. The van der Waals surface area contributed by atoms with Gasteiger partial charge in [-0.1, -0.05) is 6.07 Å². The van der Waals surface area contributed by atoms with E-state index < -0.39 is 24.0 Å². The highest BCUT2D eigenvalue weighted by atomic mass is 32.2. The molecule has 1 fully saturated rings. The molecule has 142 valence electrons. The maximum atomic E-state index is 12.1. The number of likely N-dealkylation sites (tertiary alicyclic amines) is 1. The third-order valence-electron chi connectivity index (χ3n) is 4.29. The Morgan fingerprint density at radius 1 is 1.31 bits per heavy atom. The van der Waals surface area contributed by atoms with Gasteiger partial charge in [0.15, 0.2) is 0 Å². The molecule has 0 aromatic heterocycles. The van der Waals surface area contributed by atoms with Gasteiger partial charge in [-0.3, -0.25) is 4.79 Å². The summed E-state index contributed by atoms with van der Waals surface area (Å²) < 4.78 is 4.94. The minimum Gasteiger partial charge on any atom is -0.507 e. The van der Waals surface area contributed by atoms with Crippen LogP contribution in [0.25, 0.3) is 0 Å². The molecule has 0 saturated carbocycles. The number of ether oxygens (including phenoxy) is 1. The van der Waals surface area contributed by atoms with Gasteiger partial charge in [0, 0.05) is 18.2 Å². The number of hydrogen-bond donors (Lipinski definition) is 4. The van der Waals surface area contributed by atoms with Crippen LogP contribution in [0.5, 0.6) is 11.5 Å². The predicted octanol–water partition coefficient (Wildman–Crippen LogP) is 0.378. The van der Waals surface area contributed by atoms with E-state index in [0.717, 1.165) is 24.6 Å². The van der Waals surface area contributed by atoms with Gasteiger partial charge in [-0.15, -0.1) is 0 Å².